The van der Waals surface area contributed by atoms with E-state index in [1.165, 1.54) is 31.2 Å². The molecule has 0 aromatic heterocycles. The van der Waals surface area contributed by atoms with Crippen molar-refractivity contribution in [2.24, 2.45) is 17.8 Å². The molecule has 0 heterocycles. The average molecular weight is 322 g/mol. The summed E-state index contributed by atoms with van der Waals surface area (Å²) >= 11 is 3.65. The monoisotopic (exact) mass is 321 g/mol. The number of rotatable bonds is 4. The lowest BCUT2D eigenvalue weighted by Gasteiger charge is -2.11. The molecule has 3 rings (SSSR count). The number of halogens is 1. The molecule has 0 spiro atoms. The van der Waals surface area contributed by atoms with Crippen LogP contribution in [0.1, 0.15) is 36.1 Å². The topological polar surface area (TPSA) is 29.1 Å². The number of carbonyl (C=O) groups excluding carboxylic acids is 1. The van der Waals surface area contributed by atoms with Crippen molar-refractivity contribution in [2.45, 2.75) is 30.5 Å². The van der Waals surface area contributed by atoms with Gasteiger partial charge in [0.05, 0.1) is 4.83 Å². The third-order valence-electron chi connectivity index (χ3n) is 4.58. The summed E-state index contributed by atoms with van der Waals surface area (Å²) in [7, 11) is 0. The van der Waals surface area contributed by atoms with Gasteiger partial charge in [-0.3, -0.25) is 4.79 Å². The number of nitrogens with one attached hydrogen (secondary N) is 1. The van der Waals surface area contributed by atoms with Crippen LogP contribution in [0.3, 0.4) is 0 Å². The van der Waals surface area contributed by atoms with E-state index >= 15 is 0 Å². The fraction of sp³-hybridized carbons (Fsp3) is 0.562. The summed E-state index contributed by atoms with van der Waals surface area (Å²) in [5.74, 6) is 1.98. The number of hydrogen-bond acceptors (Lipinski definition) is 1. The molecule has 1 amide bonds. The second kappa shape index (κ2) is 5.66. The maximum Gasteiger partial charge on any atom is 0.223 e. The minimum absolute atomic E-state index is 0.207. The third kappa shape index (κ3) is 2.86. The molecule has 3 unspecified atom stereocenters. The van der Waals surface area contributed by atoms with Crippen LogP contribution >= 0.6 is 15.9 Å². The van der Waals surface area contributed by atoms with Crippen molar-refractivity contribution < 1.29 is 4.79 Å². The molecule has 0 saturated heterocycles. The van der Waals surface area contributed by atoms with Crippen molar-refractivity contribution in [2.75, 3.05) is 6.54 Å². The average Bonchev–Trinajstić information content (AvgIpc) is 3.19. The summed E-state index contributed by atoms with van der Waals surface area (Å²) in [5, 5.41) is 3.11. The summed E-state index contributed by atoms with van der Waals surface area (Å²) in [4.78, 5) is 12.4. The van der Waals surface area contributed by atoms with Gasteiger partial charge in [0.15, 0.2) is 0 Å². The Hall–Kier alpha value is -0.830. The number of alkyl halides is 1. The first-order chi connectivity index (χ1) is 9.27. The number of hydrogen-bond donors (Lipinski definition) is 1. The van der Waals surface area contributed by atoms with Gasteiger partial charge in [0.25, 0.3) is 0 Å². The van der Waals surface area contributed by atoms with Crippen LogP contribution in [0, 0.1) is 17.8 Å². The smallest absolute Gasteiger partial charge is 0.223 e. The fourth-order valence-electron chi connectivity index (χ4n) is 3.47. The number of benzene rings is 1. The summed E-state index contributed by atoms with van der Waals surface area (Å²) in [5.41, 5.74) is 1.22. The molecule has 2 saturated carbocycles. The summed E-state index contributed by atoms with van der Waals surface area (Å²) in [6.07, 6.45) is 5.16. The zero-order valence-electron chi connectivity index (χ0n) is 11.0. The van der Waals surface area contributed by atoms with Crippen LogP contribution in [0.5, 0.6) is 0 Å². The van der Waals surface area contributed by atoms with E-state index in [4.69, 9.17) is 0 Å². The molecule has 2 fully saturated rings. The van der Waals surface area contributed by atoms with Gasteiger partial charge in [0, 0.05) is 12.5 Å². The largest absolute Gasteiger partial charge is 0.354 e. The third-order valence-corrected chi connectivity index (χ3v) is 5.43. The molecule has 1 aromatic carbocycles. The van der Waals surface area contributed by atoms with Gasteiger partial charge in [-0.15, -0.1) is 0 Å². The van der Waals surface area contributed by atoms with Crippen molar-refractivity contribution in [3.63, 3.8) is 0 Å². The Kier molecular flexibility index (Phi) is 3.92. The Bertz CT molecular complexity index is 435. The molecular formula is C16H20BrNO. The highest BCUT2D eigenvalue weighted by Crippen LogP contribution is 2.55. The van der Waals surface area contributed by atoms with Crippen molar-refractivity contribution >= 4 is 21.8 Å². The molecule has 3 heteroatoms. The minimum atomic E-state index is 0.207. The zero-order chi connectivity index (χ0) is 13.2. The standard InChI is InChI=1S/C16H20BrNO/c17-14(11-6-2-1-3-7-11)10-18-16(19)15-12-8-4-5-9-13(12)15/h1-3,6-7,12-15H,4-5,8-10H2,(H,18,19). The van der Waals surface area contributed by atoms with Crippen molar-refractivity contribution in [1.82, 2.24) is 5.32 Å². The fourth-order valence-corrected chi connectivity index (χ4v) is 3.94. The van der Waals surface area contributed by atoms with Gasteiger partial charge in [0.1, 0.15) is 0 Å². The minimum Gasteiger partial charge on any atom is -0.354 e. The van der Waals surface area contributed by atoms with Crippen LogP contribution in [0.15, 0.2) is 30.3 Å². The van der Waals surface area contributed by atoms with Crippen molar-refractivity contribution in [3.05, 3.63) is 35.9 Å². The molecule has 0 radical (unpaired) electrons. The first kappa shape index (κ1) is 13.2. The summed E-state index contributed by atoms with van der Waals surface area (Å²) < 4.78 is 0. The van der Waals surface area contributed by atoms with E-state index < -0.39 is 0 Å². The second-order valence-electron chi connectivity index (χ2n) is 5.76. The van der Waals surface area contributed by atoms with Gasteiger partial charge in [-0.1, -0.05) is 59.1 Å². The van der Waals surface area contributed by atoms with Crippen LogP contribution < -0.4 is 5.32 Å². The lowest BCUT2D eigenvalue weighted by Crippen LogP contribution is -2.29. The molecule has 0 bridgehead atoms. The molecule has 19 heavy (non-hydrogen) atoms. The van der Waals surface area contributed by atoms with Gasteiger partial charge in [-0.2, -0.15) is 0 Å². The van der Waals surface area contributed by atoms with E-state index in [2.05, 4.69) is 33.4 Å². The number of amides is 1. The Morgan fingerprint density at radius 2 is 1.84 bits per heavy atom. The molecule has 3 atom stereocenters. The first-order valence-electron chi connectivity index (χ1n) is 7.24. The molecule has 102 valence electrons. The van der Waals surface area contributed by atoms with Crippen LogP contribution in [0.4, 0.5) is 0 Å². The quantitative estimate of drug-likeness (QED) is 0.842. The molecule has 1 N–H and O–H groups in total. The molecule has 2 aliphatic rings. The van der Waals surface area contributed by atoms with E-state index in [-0.39, 0.29) is 10.7 Å². The van der Waals surface area contributed by atoms with E-state index in [0.717, 1.165) is 0 Å². The van der Waals surface area contributed by atoms with Crippen LogP contribution in [0.25, 0.3) is 0 Å². The highest BCUT2D eigenvalue weighted by Gasteiger charge is 2.54. The zero-order valence-corrected chi connectivity index (χ0v) is 12.6. The number of fused-ring (bicyclic) bond motifs is 1. The maximum atomic E-state index is 12.2. The highest BCUT2D eigenvalue weighted by molar-refractivity contribution is 9.09. The summed E-state index contributed by atoms with van der Waals surface area (Å²) in [6, 6.07) is 10.2. The van der Waals surface area contributed by atoms with Crippen molar-refractivity contribution in [1.29, 1.82) is 0 Å². The van der Waals surface area contributed by atoms with E-state index in [1.54, 1.807) is 0 Å². The normalized spacial score (nSPS) is 30.3. The van der Waals surface area contributed by atoms with Crippen molar-refractivity contribution in [3.8, 4) is 0 Å². The molecule has 0 aliphatic heterocycles. The summed E-state index contributed by atoms with van der Waals surface area (Å²) in [6.45, 7) is 0.679. The molecule has 2 nitrogen and oxygen atoms in total. The van der Waals surface area contributed by atoms with Crippen LogP contribution in [0.2, 0.25) is 0 Å². The Morgan fingerprint density at radius 3 is 2.47 bits per heavy atom. The Balaban J connectivity index is 1.49. The van der Waals surface area contributed by atoms with E-state index in [1.807, 2.05) is 18.2 Å². The molecular weight excluding hydrogens is 302 g/mol. The first-order valence-corrected chi connectivity index (χ1v) is 8.15. The maximum absolute atomic E-state index is 12.2. The van der Waals surface area contributed by atoms with Crippen LogP contribution in [-0.4, -0.2) is 12.5 Å². The predicted octanol–water partition coefficient (Wildman–Crippen LogP) is 3.68. The molecule has 1 aromatic rings. The van der Waals surface area contributed by atoms with Gasteiger partial charge in [-0.05, 0) is 30.2 Å². The van der Waals surface area contributed by atoms with E-state index in [9.17, 15) is 4.79 Å². The SMILES string of the molecule is O=C(NCC(Br)c1ccccc1)C1C2CCCCC21. The van der Waals surface area contributed by atoms with Gasteiger partial charge in [-0.25, -0.2) is 0 Å². The van der Waals surface area contributed by atoms with Crippen LogP contribution in [-0.2, 0) is 4.79 Å². The van der Waals surface area contributed by atoms with E-state index in [0.29, 0.717) is 24.3 Å². The van der Waals surface area contributed by atoms with Gasteiger partial charge < -0.3 is 5.32 Å². The lowest BCUT2D eigenvalue weighted by molar-refractivity contribution is -0.122. The van der Waals surface area contributed by atoms with Gasteiger partial charge in [0.2, 0.25) is 5.91 Å². The Morgan fingerprint density at radius 1 is 1.21 bits per heavy atom. The second-order valence-corrected chi connectivity index (χ2v) is 6.87. The highest BCUT2D eigenvalue weighted by atomic mass is 79.9. The lowest BCUT2D eigenvalue weighted by atomic mass is 10.0. The Labute approximate surface area is 123 Å². The predicted molar refractivity (Wildman–Crippen MR) is 80.1 cm³/mol. The number of carbonyl (C=O) groups is 1. The molecule has 2 aliphatic carbocycles. The van der Waals surface area contributed by atoms with Gasteiger partial charge >= 0.3 is 0 Å².